The van der Waals surface area contributed by atoms with E-state index in [0.717, 1.165) is 17.4 Å². The Morgan fingerprint density at radius 2 is 1.15 bits per heavy atom. The molecule has 0 amide bonds. The van der Waals surface area contributed by atoms with Gasteiger partial charge in [-0.25, -0.2) is 0 Å². The minimum Gasteiger partial charge on any atom is -0.255 e. The molecule has 118 valence electrons. The zero-order valence-electron chi connectivity index (χ0n) is 16.2. The third-order valence-corrected chi connectivity index (χ3v) is 6.09. The van der Waals surface area contributed by atoms with Crippen LogP contribution in [-0.4, -0.2) is 52.1 Å². The van der Waals surface area contributed by atoms with Crippen molar-refractivity contribution in [3.05, 3.63) is 17.3 Å². The molecule has 1 aliphatic rings. The summed E-state index contributed by atoms with van der Waals surface area (Å²) in [6.07, 6.45) is 2.90. The van der Waals surface area contributed by atoms with Crippen LogP contribution in [0.4, 0.5) is 0 Å². The molecule has 0 N–H and O–H groups in total. The molecule has 0 unspecified atom stereocenters. The molecule has 0 saturated carbocycles. The van der Waals surface area contributed by atoms with Crippen LogP contribution in [0.3, 0.4) is 0 Å². The summed E-state index contributed by atoms with van der Waals surface area (Å²) >= 11 is 0. The standard InChI is InChI=1S/C20H15B6N/c1-19(2)6-20(3,4)11-7(19)5-27-18-9-8(12(21)15(24)10(11)18)13(22)16(25)17(26)14(9)23/h5H,6H2,1-4H3. The summed E-state index contributed by atoms with van der Waals surface area (Å²) in [7, 11) is 37.7. The van der Waals surface area contributed by atoms with E-state index in [2.05, 4.69) is 27.7 Å². The average molecular weight is 334 g/mol. The fourth-order valence-electron chi connectivity index (χ4n) is 5.09. The normalized spacial score (nSPS) is 17.5. The second-order valence-corrected chi connectivity index (χ2v) is 8.95. The Morgan fingerprint density at radius 1 is 0.667 bits per heavy atom. The van der Waals surface area contributed by atoms with Gasteiger partial charge in [-0.1, -0.05) is 49.5 Å². The minimum atomic E-state index is -0.0894. The average Bonchev–Trinajstić information content (AvgIpc) is 2.78. The number of benzene rings is 2. The van der Waals surface area contributed by atoms with E-state index >= 15 is 0 Å². The van der Waals surface area contributed by atoms with Crippen molar-refractivity contribution in [3.8, 4) is 0 Å². The molecule has 4 rings (SSSR count). The molecule has 0 fully saturated rings. The molecule has 0 aliphatic heterocycles. The molecule has 7 heteroatoms. The van der Waals surface area contributed by atoms with E-state index in [9.17, 15) is 0 Å². The van der Waals surface area contributed by atoms with E-state index in [1.54, 1.807) is 0 Å². The van der Waals surface area contributed by atoms with Crippen molar-refractivity contribution < 1.29 is 0 Å². The van der Waals surface area contributed by atoms with E-state index in [-0.39, 0.29) is 27.2 Å². The van der Waals surface area contributed by atoms with E-state index in [0.29, 0.717) is 32.7 Å². The fourth-order valence-corrected chi connectivity index (χ4v) is 5.09. The lowest BCUT2D eigenvalue weighted by Crippen LogP contribution is -2.50. The van der Waals surface area contributed by atoms with Crippen LogP contribution in [0.1, 0.15) is 45.2 Å². The number of nitrogens with zero attached hydrogens (tertiary/aromatic N) is 1. The first-order valence-electron chi connectivity index (χ1n) is 8.96. The van der Waals surface area contributed by atoms with Crippen LogP contribution in [0.15, 0.2) is 6.20 Å². The van der Waals surface area contributed by atoms with Crippen molar-refractivity contribution in [1.29, 1.82) is 0 Å². The lowest BCUT2D eigenvalue weighted by Gasteiger charge is -2.26. The summed E-state index contributed by atoms with van der Waals surface area (Å²) < 4.78 is 0. The number of aromatic nitrogens is 1. The molecule has 2 aromatic carbocycles. The maximum atomic E-state index is 6.54. The Morgan fingerprint density at radius 3 is 1.74 bits per heavy atom. The van der Waals surface area contributed by atoms with Crippen LogP contribution in [-0.2, 0) is 10.8 Å². The van der Waals surface area contributed by atoms with Crippen molar-refractivity contribution >= 4 is 102 Å². The first-order chi connectivity index (χ1) is 12.4. The lowest BCUT2D eigenvalue weighted by atomic mass is 9.61. The van der Waals surface area contributed by atoms with Gasteiger partial charge in [0.25, 0.3) is 0 Å². The summed E-state index contributed by atoms with van der Waals surface area (Å²) in [5.74, 6) is 0. The van der Waals surface area contributed by atoms with Gasteiger partial charge in [0.15, 0.2) is 0 Å². The largest absolute Gasteiger partial charge is 0.255 e. The number of fused-ring (bicyclic) bond motifs is 5. The summed E-state index contributed by atoms with van der Waals surface area (Å²) in [6, 6.07) is 0. The summed E-state index contributed by atoms with van der Waals surface area (Å²) in [5, 5.41) is 1.97. The maximum absolute atomic E-state index is 6.54. The molecule has 1 aromatic heterocycles. The van der Waals surface area contributed by atoms with Gasteiger partial charge in [0.2, 0.25) is 0 Å². The third kappa shape index (κ3) is 2.30. The first-order valence-corrected chi connectivity index (χ1v) is 8.96. The highest BCUT2D eigenvalue weighted by Crippen LogP contribution is 2.51. The Bertz CT molecular complexity index is 1160. The Balaban J connectivity index is 2.36. The molecule has 0 atom stereocenters. The van der Waals surface area contributed by atoms with Crippen LogP contribution in [0.2, 0.25) is 0 Å². The van der Waals surface area contributed by atoms with Crippen LogP contribution in [0, 0.1) is 0 Å². The molecule has 1 heterocycles. The van der Waals surface area contributed by atoms with Gasteiger partial charge in [-0.05, 0) is 44.5 Å². The SMILES string of the molecule is [B]c1c([B])c([B])c2c(c1[B])c([B])c([B])c1c3c(cnc12)C(C)(C)CC3(C)C. The molecule has 1 aliphatic carbocycles. The van der Waals surface area contributed by atoms with Gasteiger partial charge in [0.05, 0.1) is 5.52 Å². The maximum Gasteiger partial charge on any atom is 0.113 e. The van der Waals surface area contributed by atoms with Crippen LogP contribution < -0.4 is 32.8 Å². The molecule has 0 spiro atoms. The van der Waals surface area contributed by atoms with Gasteiger partial charge < -0.3 is 0 Å². The summed E-state index contributed by atoms with van der Waals surface area (Å²) in [5.41, 5.74) is 4.80. The zero-order valence-corrected chi connectivity index (χ0v) is 16.2. The number of hydrogen-bond acceptors (Lipinski definition) is 1. The van der Waals surface area contributed by atoms with Crippen molar-refractivity contribution in [3.63, 3.8) is 0 Å². The first kappa shape index (κ1) is 18.8. The molecular weight excluding hydrogens is 319 g/mol. The highest BCUT2D eigenvalue weighted by atomic mass is 14.7. The second-order valence-electron chi connectivity index (χ2n) is 8.95. The number of rotatable bonds is 0. The zero-order chi connectivity index (χ0) is 20.0. The van der Waals surface area contributed by atoms with E-state index in [1.807, 2.05) is 6.20 Å². The van der Waals surface area contributed by atoms with Gasteiger partial charge in [-0.15, -0.1) is 10.9 Å². The highest BCUT2D eigenvalue weighted by Gasteiger charge is 2.43. The second kappa shape index (κ2) is 5.52. The monoisotopic (exact) mass is 335 g/mol. The fraction of sp³-hybridized carbons (Fsp3) is 0.350. The van der Waals surface area contributed by atoms with Crippen LogP contribution in [0.5, 0.6) is 0 Å². The molecule has 12 radical (unpaired) electrons. The van der Waals surface area contributed by atoms with Crippen molar-refractivity contribution in [2.24, 2.45) is 0 Å². The topological polar surface area (TPSA) is 12.9 Å². The molecular formula is C20H15B6N. The van der Waals surface area contributed by atoms with E-state index in [1.165, 1.54) is 5.56 Å². The van der Waals surface area contributed by atoms with E-state index in [4.69, 9.17) is 52.1 Å². The van der Waals surface area contributed by atoms with Crippen LogP contribution >= 0.6 is 0 Å². The number of pyridine rings is 1. The Hall–Kier alpha value is -1.50. The van der Waals surface area contributed by atoms with Gasteiger partial charge >= 0.3 is 0 Å². The van der Waals surface area contributed by atoms with E-state index < -0.39 is 0 Å². The quantitative estimate of drug-likeness (QED) is 0.346. The van der Waals surface area contributed by atoms with Crippen molar-refractivity contribution in [1.82, 2.24) is 4.98 Å². The molecule has 0 saturated heterocycles. The summed E-state index contributed by atoms with van der Waals surface area (Å²) in [4.78, 5) is 4.75. The van der Waals surface area contributed by atoms with Crippen molar-refractivity contribution in [2.45, 2.75) is 44.9 Å². The predicted molar refractivity (Wildman–Crippen MR) is 122 cm³/mol. The Labute approximate surface area is 168 Å². The van der Waals surface area contributed by atoms with Crippen LogP contribution in [0.25, 0.3) is 21.7 Å². The molecule has 27 heavy (non-hydrogen) atoms. The van der Waals surface area contributed by atoms with Gasteiger partial charge in [-0.3, -0.25) is 4.98 Å². The molecule has 1 nitrogen and oxygen atoms in total. The minimum absolute atomic E-state index is 0.0130. The molecule has 3 aromatic rings. The van der Waals surface area contributed by atoms with Crippen molar-refractivity contribution in [2.75, 3.05) is 0 Å². The lowest BCUT2D eigenvalue weighted by molar-refractivity contribution is 0.404. The molecule has 0 bridgehead atoms. The van der Waals surface area contributed by atoms with Gasteiger partial charge in [0, 0.05) is 6.20 Å². The number of hydrogen-bond donors (Lipinski definition) is 0. The Kier molecular flexibility index (Phi) is 3.85. The smallest absolute Gasteiger partial charge is 0.113 e. The van der Waals surface area contributed by atoms with Gasteiger partial charge in [-0.2, -0.15) is 0 Å². The summed E-state index contributed by atoms with van der Waals surface area (Å²) in [6.45, 7) is 8.88. The predicted octanol–water partition coefficient (Wildman–Crippen LogP) is -1.89. The third-order valence-electron chi connectivity index (χ3n) is 6.09. The highest BCUT2D eigenvalue weighted by molar-refractivity contribution is 6.70. The van der Waals surface area contributed by atoms with Gasteiger partial charge in [0.1, 0.15) is 47.1 Å².